The van der Waals surface area contributed by atoms with Gasteiger partial charge in [-0.05, 0) is 86.9 Å². The molecule has 0 saturated heterocycles. The van der Waals surface area contributed by atoms with E-state index >= 15 is 0 Å². The number of carbonyl (C=O) groups is 1. The van der Waals surface area contributed by atoms with E-state index in [2.05, 4.69) is 57.7 Å². The van der Waals surface area contributed by atoms with E-state index in [0.717, 1.165) is 19.5 Å². The normalized spacial score (nSPS) is 10.6. The highest BCUT2D eigenvalue weighted by atomic mass is 127. The summed E-state index contributed by atoms with van der Waals surface area (Å²) in [4.78, 5) is 12.3. The van der Waals surface area contributed by atoms with Gasteiger partial charge in [0.15, 0.2) is 0 Å². The number of carbonyl (C=O) groups excluding carboxylic acids is 1. The lowest BCUT2D eigenvalue weighted by molar-refractivity contribution is 0.102. The molecule has 2 aromatic carbocycles. The summed E-state index contributed by atoms with van der Waals surface area (Å²) >= 11 is 5.68. The van der Waals surface area contributed by atoms with Gasteiger partial charge in [0.05, 0.1) is 11.1 Å². The lowest BCUT2D eigenvalue weighted by Gasteiger charge is -2.11. The van der Waals surface area contributed by atoms with E-state index in [-0.39, 0.29) is 5.91 Å². The molecule has 22 heavy (non-hydrogen) atoms. The number of rotatable bonds is 5. The van der Waals surface area contributed by atoms with Crippen LogP contribution in [0.1, 0.15) is 24.2 Å². The van der Waals surface area contributed by atoms with Crippen LogP contribution in [0.3, 0.4) is 0 Å². The van der Waals surface area contributed by atoms with Crippen LogP contribution >= 0.6 is 38.5 Å². The van der Waals surface area contributed by atoms with Crippen molar-refractivity contribution in [2.75, 3.05) is 11.9 Å². The quantitative estimate of drug-likeness (QED) is 0.595. The molecule has 1 N–H and O–H groups in total. The van der Waals surface area contributed by atoms with Gasteiger partial charge in [-0.25, -0.2) is 0 Å². The van der Waals surface area contributed by atoms with Crippen LogP contribution in [0.4, 0.5) is 5.69 Å². The molecule has 0 heterocycles. The van der Waals surface area contributed by atoms with Crippen LogP contribution in [0.5, 0.6) is 5.75 Å². The Morgan fingerprint density at radius 1 is 1.23 bits per heavy atom. The Bertz CT molecular complexity index is 656. The second-order valence-electron chi connectivity index (χ2n) is 5.31. The summed E-state index contributed by atoms with van der Waals surface area (Å²) < 4.78 is 7.60. The molecular formula is C17H17BrINO2. The van der Waals surface area contributed by atoms with Gasteiger partial charge in [-0.15, -0.1) is 0 Å². The third-order valence-corrected chi connectivity index (χ3v) is 4.21. The first kappa shape index (κ1) is 17.3. The summed E-state index contributed by atoms with van der Waals surface area (Å²) in [6, 6.07) is 13.0. The van der Waals surface area contributed by atoms with Crippen molar-refractivity contribution in [2.24, 2.45) is 5.92 Å². The van der Waals surface area contributed by atoms with Gasteiger partial charge < -0.3 is 10.1 Å². The first-order valence-corrected chi connectivity index (χ1v) is 8.82. The minimum Gasteiger partial charge on any atom is -0.492 e. The highest BCUT2D eigenvalue weighted by molar-refractivity contribution is 14.1. The van der Waals surface area contributed by atoms with Gasteiger partial charge in [0.25, 0.3) is 5.91 Å². The number of hydrogen-bond acceptors (Lipinski definition) is 2. The summed E-state index contributed by atoms with van der Waals surface area (Å²) in [7, 11) is 0. The summed E-state index contributed by atoms with van der Waals surface area (Å²) in [5.74, 6) is 1.06. The zero-order valence-electron chi connectivity index (χ0n) is 12.4. The van der Waals surface area contributed by atoms with Crippen LogP contribution in [0.2, 0.25) is 0 Å². The molecular weight excluding hydrogens is 457 g/mol. The van der Waals surface area contributed by atoms with Crippen molar-refractivity contribution < 1.29 is 9.53 Å². The second-order valence-corrected chi connectivity index (χ2v) is 7.41. The molecule has 0 saturated carbocycles. The molecule has 2 rings (SSSR count). The maximum atomic E-state index is 12.3. The van der Waals surface area contributed by atoms with Gasteiger partial charge in [0.1, 0.15) is 5.75 Å². The van der Waals surface area contributed by atoms with Crippen molar-refractivity contribution in [3.05, 3.63) is 56.1 Å². The Morgan fingerprint density at radius 3 is 2.50 bits per heavy atom. The lowest BCUT2D eigenvalue weighted by atomic mass is 10.2. The SMILES string of the molecule is CC(C)COc1ccc(C(=O)Nc2ccc(I)cc2)cc1Br. The third-order valence-electron chi connectivity index (χ3n) is 2.87. The Balaban J connectivity index is 2.07. The van der Waals surface area contributed by atoms with E-state index in [0.29, 0.717) is 18.1 Å². The molecule has 0 aliphatic rings. The first-order valence-electron chi connectivity index (χ1n) is 6.95. The highest BCUT2D eigenvalue weighted by Crippen LogP contribution is 2.27. The molecule has 0 spiro atoms. The van der Waals surface area contributed by atoms with E-state index in [1.807, 2.05) is 30.3 Å². The largest absolute Gasteiger partial charge is 0.492 e. The van der Waals surface area contributed by atoms with Gasteiger partial charge in [-0.2, -0.15) is 0 Å². The minimum atomic E-state index is -0.141. The molecule has 0 fully saturated rings. The van der Waals surface area contributed by atoms with E-state index in [1.165, 1.54) is 0 Å². The number of amides is 1. The first-order chi connectivity index (χ1) is 10.5. The molecule has 2 aromatic rings. The smallest absolute Gasteiger partial charge is 0.255 e. The molecule has 5 heteroatoms. The minimum absolute atomic E-state index is 0.141. The van der Waals surface area contributed by atoms with Crippen LogP contribution in [0.15, 0.2) is 46.9 Å². The number of halogens is 2. The fourth-order valence-corrected chi connectivity index (χ4v) is 2.60. The average Bonchev–Trinajstić information content (AvgIpc) is 2.48. The van der Waals surface area contributed by atoms with Crippen LogP contribution in [0, 0.1) is 9.49 Å². The molecule has 0 atom stereocenters. The van der Waals surface area contributed by atoms with Crippen LogP contribution in [-0.4, -0.2) is 12.5 Å². The molecule has 3 nitrogen and oxygen atoms in total. The maximum Gasteiger partial charge on any atom is 0.255 e. The summed E-state index contributed by atoms with van der Waals surface area (Å²) in [5.41, 5.74) is 1.36. The molecule has 116 valence electrons. The van der Waals surface area contributed by atoms with Crippen molar-refractivity contribution in [1.29, 1.82) is 0 Å². The summed E-state index contributed by atoms with van der Waals surface area (Å²) in [6.07, 6.45) is 0. The number of benzene rings is 2. The van der Waals surface area contributed by atoms with Crippen molar-refractivity contribution in [1.82, 2.24) is 0 Å². The number of anilines is 1. The molecule has 0 unspecified atom stereocenters. The Hall–Kier alpha value is -1.08. The van der Waals surface area contributed by atoms with Gasteiger partial charge in [-0.3, -0.25) is 4.79 Å². The molecule has 0 aromatic heterocycles. The van der Waals surface area contributed by atoms with E-state index in [4.69, 9.17) is 4.74 Å². The zero-order chi connectivity index (χ0) is 16.1. The number of hydrogen-bond donors (Lipinski definition) is 1. The standard InChI is InChI=1S/C17H17BrINO2/c1-11(2)10-22-16-8-3-12(9-15(16)18)17(21)20-14-6-4-13(19)5-7-14/h3-9,11H,10H2,1-2H3,(H,20,21). The summed E-state index contributed by atoms with van der Waals surface area (Å²) in [5, 5.41) is 2.88. The number of nitrogens with one attached hydrogen (secondary N) is 1. The fraction of sp³-hybridized carbons (Fsp3) is 0.235. The fourth-order valence-electron chi connectivity index (χ4n) is 1.75. The van der Waals surface area contributed by atoms with E-state index < -0.39 is 0 Å². The number of ether oxygens (including phenoxy) is 1. The van der Waals surface area contributed by atoms with Crippen molar-refractivity contribution in [3.63, 3.8) is 0 Å². The second kappa shape index (κ2) is 7.97. The van der Waals surface area contributed by atoms with Crippen molar-refractivity contribution >= 4 is 50.1 Å². The average molecular weight is 474 g/mol. The topological polar surface area (TPSA) is 38.3 Å². The molecule has 0 aliphatic carbocycles. The molecule has 0 bridgehead atoms. The molecule has 0 aliphatic heterocycles. The van der Waals surface area contributed by atoms with Crippen LogP contribution in [0.25, 0.3) is 0 Å². The Morgan fingerprint density at radius 2 is 1.91 bits per heavy atom. The third kappa shape index (κ3) is 4.98. The van der Waals surface area contributed by atoms with Crippen LogP contribution in [-0.2, 0) is 0 Å². The lowest BCUT2D eigenvalue weighted by Crippen LogP contribution is -2.12. The van der Waals surface area contributed by atoms with Gasteiger partial charge in [-0.1, -0.05) is 13.8 Å². The van der Waals surface area contributed by atoms with Gasteiger partial charge >= 0.3 is 0 Å². The van der Waals surface area contributed by atoms with E-state index in [9.17, 15) is 4.79 Å². The van der Waals surface area contributed by atoms with Crippen LogP contribution < -0.4 is 10.1 Å². The zero-order valence-corrected chi connectivity index (χ0v) is 16.1. The Labute approximate surface area is 152 Å². The van der Waals surface area contributed by atoms with E-state index in [1.54, 1.807) is 12.1 Å². The van der Waals surface area contributed by atoms with Gasteiger partial charge in [0, 0.05) is 14.8 Å². The molecule has 0 radical (unpaired) electrons. The van der Waals surface area contributed by atoms with Crippen molar-refractivity contribution in [2.45, 2.75) is 13.8 Å². The predicted molar refractivity (Wildman–Crippen MR) is 102 cm³/mol. The summed E-state index contributed by atoms with van der Waals surface area (Å²) in [6.45, 7) is 4.83. The maximum absolute atomic E-state index is 12.3. The Kier molecular flexibility index (Phi) is 6.26. The predicted octanol–water partition coefficient (Wildman–Crippen LogP) is 5.34. The van der Waals surface area contributed by atoms with Gasteiger partial charge in [0.2, 0.25) is 0 Å². The highest BCUT2D eigenvalue weighted by Gasteiger charge is 2.10. The van der Waals surface area contributed by atoms with Crippen molar-refractivity contribution in [3.8, 4) is 5.75 Å². The monoisotopic (exact) mass is 473 g/mol. The molecule has 1 amide bonds.